The highest BCUT2D eigenvalue weighted by Gasteiger charge is 2.21. The summed E-state index contributed by atoms with van der Waals surface area (Å²) in [5.74, 6) is -2.61. The van der Waals surface area contributed by atoms with Gasteiger partial charge < -0.3 is 9.84 Å². The van der Waals surface area contributed by atoms with Crippen LogP contribution in [0.15, 0.2) is 42.3 Å². The molecule has 128 valence electrons. The first-order valence-electron chi connectivity index (χ1n) is 10.6. The van der Waals surface area contributed by atoms with E-state index in [2.05, 4.69) is 0 Å². The minimum Gasteiger partial charge on any atom is -0.497 e. The van der Waals surface area contributed by atoms with Crippen molar-refractivity contribution >= 4 is 34.4 Å². The van der Waals surface area contributed by atoms with Crippen LogP contribution in [-0.4, -0.2) is 28.7 Å². The Balaban J connectivity index is 2.52. The number of carbonyl (C=O) groups excluding carboxylic acids is 1. The molecule has 25 heavy (non-hydrogen) atoms. The Bertz CT molecular complexity index is 1310. The van der Waals surface area contributed by atoms with Crippen molar-refractivity contribution in [3.05, 3.63) is 64.1 Å². The number of fused-ring (bicyclic) bond motifs is 1. The summed E-state index contributed by atoms with van der Waals surface area (Å²) in [6.45, 7) is 1.37. The molecular formula is C19H16ClNO4. The third-order valence-corrected chi connectivity index (χ3v) is 3.80. The molecule has 0 radical (unpaired) electrons. The normalized spacial score (nSPS) is 14.8. The van der Waals surface area contributed by atoms with Gasteiger partial charge in [0.05, 0.1) is 28.6 Å². The summed E-state index contributed by atoms with van der Waals surface area (Å²) in [5, 5.41) is 8.80. The Morgan fingerprint density at radius 2 is 1.92 bits per heavy atom. The average Bonchev–Trinajstić information content (AvgIpc) is 3.01. The van der Waals surface area contributed by atoms with E-state index >= 15 is 0 Å². The van der Waals surface area contributed by atoms with Gasteiger partial charge in [-0.15, -0.1) is 0 Å². The van der Waals surface area contributed by atoms with Crippen LogP contribution in [0.4, 0.5) is 0 Å². The number of carbonyl (C=O) groups is 2. The zero-order chi connectivity index (χ0) is 24.2. The molecule has 3 aromatic rings. The maximum absolute atomic E-state index is 13.5. The maximum atomic E-state index is 13.5. The Labute approximate surface area is 159 Å². The molecular weight excluding hydrogens is 342 g/mol. The van der Waals surface area contributed by atoms with E-state index in [4.69, 9.17) is 25.9 Å². The van der Waals surface area contributed by atoms with E-state index in [-0.39, 0.29) is 34.0 Å². The fraction of sp³-hybridized carbons (Fsp3) is 0.158. The second kappa shape index (κ2) is 6.61. The fourth-order valence-corrected chi connectivity index (χ4v) is 2.59. The average molecular weight is 365 g/mol. The van der Waals surface area contributed by atoms with E-state index in [9.17, 15) is 14.7 Å². The Morgan fingerprint density at radius 3 is 2.52 bits per heavy atom. The van der Waals surface area contributed by atoms with Crippen LogP contribution in [0.3, 0.4) is 0 Å². The molecule has 1 aromatic heterocycles. The van der Waals surface area contributed by atoms with Crippen LogP contribution >= 0.6 is 11.6 Å². The van der Waals surface area contributed by atoms with E-state index in [0.717, 1.165) is 4.57 Å². The lowest BCUT2D eigenvalue weighted by atomic mass is 10.1. The summed E-state index contributed by atoms with van der Waals surface area (Å²) >= 11 is 5.81. The first-order chi connectivity index (χ1) is 14.9. The monoisotopic (exact) mass is 364 g/mol. The summed E-state index contributed by atoms with van der Waals surface area (Å²) in [4.78, 5) is 25.0. The molecule has 0 atom stereocenters. The lowest BCUT2D eigenvalue weighted by Gasteiger charge is -2.08. The minimum atomic E-state index is -1.27. The van der Waals surface area contributed by atoms with Crippen molar-refractivity contribution in [2.45, 2.75) is 13.3 Å². The summed E-state index contributed by atoms with van der Waals surface area (Å²) in [6, 6.07) is -4.10. The number of aromatic nitrogens is 1. The molecule has 0 spiro atoms. The number of aliphatic carboxylic acids is 1. The van der Waals surface area contributed by atoms with Crippen LogP contribution in [0.5, 0.6) is 5.75 Å². The summed E-state index contributed by atoms with van der Waals surface area (Å²) < 4.78 is 62.8. The van der Waals surface area contributed by atoms with Gasteiger partial charge in [-0.2, -0.15) is 0 Å². The van der Waals surface area contributed by atoms with Gasteiger partial charge in [0.15, 0.2) is 0 Å². The first-order valence-corrected chi connectivity index (χ1v) is 7.44. The number of hydrogen-bond acceptors (Lipinski definition) is 3. The standard InChI is InChI=1S/C19H16ClNO4/c1-11-15(10-18(22)23)16-9-14(25-2)7-8-17(16)21(11)19(24)12-3-5-13(20)6-4-12/h3-9H,10H2,1-2H3,(H,22,23)/i3D,4D,5D,6D,7D,8D,9D. The highest BCUT2D eigenvalue weighted by atomic mass is 35.5. The second-order valence-electron chi connectivity index (χ2n) is 5.10. The maximum Gasteiger partial charge on any atom is 0.307 e. The van der Waals surface area contributed by atoms with Crippen LogP contribution < -0.4 is 4.74 Å². The van der Waals surface area contributed by atoms with Gasteiger partial charge in [-0.1, -0.05) is 11.6 Å². The van der Waals surface area contributed by atoms with Crippen LogP contribution in [0.25, 0.3) is 10.9 Å². The number of rotatable bonds is 4. The minimum absolute atomic E-state index is 0.0221. The molecule has 0 aliphatic carbocycles. The summed E-state index contributed by atoms with van der Waals surface area (Å²) in [6.07, 6.45) is -0.607. The molecule has 6 heteroatoms. The Kier molecular flexibility index (Phi) is 2.71. The van der Waals surface area contributed by atoms with Crippen LogP contribution in [0, 0.1) is 6.92 Å². The molecule has 0 saturated heterocycles. The topological polar surface area (TPSA) is 68.5 Å². The van der Waals surface area contributed by atoms with E-state index in [1.807, 2.05) is 0 Å². The van der Waals surface area contributed by atoms with Crippen molar-refractivity contribution in [1.29, 1.82) is 0 Å². The predicted molar refractivity (Wildman–Crippen MR) is 95.7 cm³/mol. The molecule has 2 aromatic carbocycles. The summed E-state index contributed by atoms with van der Waals surface area (Å²) in [5.41, 5.74) is -0.846. The molecule has 1 N–H and O–H groups in total. The van der Waals surface area contributed by atoms with E-state index in [0.29, 0.717) is 0 Å². The SMILES string of the molecule is [2H]c1c([2H])c(C(=O)n2c(C)c(CC(=O)O)c3c([2H])c(OC)c([2H])c([2H])c32)c([2H])c([2H])c1Cl. The van der Waals surface area contributed by atoms with Crippen molar-refractivity contribution < 1.29 is 29.0 Å². The third kappa shape index (κ3) is 3.10. The van der Waals surface area contributed by atoms with Gasteiger partial charge in [0.2, 0.25) is 0 Å². The molecule has 3 rings (SSSR count). The number of benzene rings is 2. The van der Waals surface area contributed by atoms with Gasteiger partial charge in [-0.05, 0) is 54.8 Å². The molecule has 0 unspecified atom stereocenters. The molecule has 0 bridgehead atoms. The molecule has 0 amide bonds. The number of methoxy groups -OCH3 is 1. The number of carboxylic acid groups (broad SMARTS) is 1. The van der Waals surface area contributed by atoms with Crippen molar-refractivity contribution in [2.24, 2.45) is 0 Å². The first kappa shape index (κ1) is 10.3. The summed E-state index contributed by atoms with van der Waals surface area (Å²) in [7, 11) is 1.20. The van der Waals surface area contributed by atoms with Gasteiger partial charge in [0, 0.05) is 21.7 Å². The number of halogens is 1. The molecule has 5 nitrogen and oxygen atoms in total. The van der Waals surface area contributed by atoms with Gasteiger partial charge in [-0.25, -0.2) is 0 Å². The highest BCUT2D eigenvalue weighted by Crippen LogP contribution is 2.30. The lowest BCUT2D eigenvalue weighted by Crippen LogP contribution is -2.14. The largest absolute Gasteiger partial charge is 0.497 e. The number of carboxylic acids is 1. The lowest BCUT2D eigenvalue weighted by molar-refractivity contribution is -0.136. The van der Waals surface area contributed by atoms with Crippen molar-refractivity contribution in [2.75, 3.05) is 7.11 Å². The van der Waals surface area contributed by atoms with E-state index < -0.39 is 65.1 Å². The quantitative estimate of drug-likeness (QED) is 0.761. The molecule has 0 fully saturated rings. The van der Waals surface area contributed by atoms with Crippen molar-refractivity contribution in [3.63, 3.8) is 0 Å². The Hall–Kier alpha value is -2.79. The predicted octanol–water partition coefficient (Wildman–Crippen LogP) is 3.93. The second-order valence-corrected chi connectivity index (χ2v) is 5.47. The number of nitrogens with zero attached hydrogens (tertiary/aromatic N) is 1. The van der Waals surface area contributed by atoms with Crippen LogP contribution in [0.2, 0.25) is 5.02 Å². The highest BCUT2D eigenvalue weighted by molar-refractivity contribution is 6.30. The molecule has 1 heterocycles. The van der Waals surface area contributed by atoms with Gasteiger partial charge in [-0.3, -0.25) is 14.2 Å². The van der Waals surface area contributed by atoms with E-state index in [1.54, 1.807) is 0 Å². The molecule has 0 aliphatic heterocycles. The Morgan fingerprint density at radius 1 is 1.24 bits per heavy atom. The zero-order valence-electron chi connectivity index (χ0n) is 20.2. The van der Waals surface area contributed by atoms with Gasteiger partial charge >= 0.3 is 5.97 Å². The van der Waals surface area contributed by atoms with Crippen molar-refractivity contribution in [3.8, 4) is 5.75 Å². The fourth-order valence-electron chi connectivity index (χ4n) is 2.49. The third-order valence-electron chi connectivity index (χ3n) is 3.61. The van der Waals surface area contributed by atoms with Crippen LogP contribution in [-0.2, 0) is 11.2 Å². The number of hydrogen-bond donors (Lipinski definition) is 1. The molecule has 0 saturated carbocycles. The van der Waals surface area contributed by atoms with E-state index in [1.165, 1.54) is 14.0 Å². The van der Waals surface area contributed by atoms with Crippen LogP contribution in [0.1, 0.15) is 31.2 Å². The van der Waals surface area contributed by atoms with Gasteiger partial charge in [0.1, 0.15) is 5.75 Å². The molecule has 0 aliphatic rings. The zero-order valence-corrected chi connectivity index (χ0v) is 14.0. The van der Waals surface area contributed by atoms with Gasteiger partial charge in [0.25, 0.3) is 5.91 Å². The smallest absolute Gasteiger partial charge is 0.307 e. The number of ether oxygens (including phenoxy) is 1. The van der Waals surface area contributed by atoms with Crippen molar-refractivity contribution in [1.82, 2.24) is 4.57 Å².